The smallest absolute Gasteiger partial charge is 0.232 e. The van der Waals surface area contributed by atoms with Gasteiger partial charge in [-0.2, -0.15) is 10.5 Å². The first kappa shape index (κ1) is 30.6. The molecule has 0 aliphatic heterocycles. The van der Waals surface area contributed by atoms with Crippen molar-refractivity contribution in [1.82, 2.24) is 23.7 Å². The molecule has 11 rings (SSSR count). The Morgan fingerprint density at radius 1 is 0.382 bits per heavy atom. The van der Waals surface area contributed by atoms with Crippen LogP contribution in [0.15, 0.2) is 164 Å². The first-order valence-electron chi connectivity index (χ1n) is 18.0. The zero-order valence-corrected chi connectivity index (χ0v) is 29.2. The molecule has 0 radical (unpaired) electrons. The maximum atomic E-state index is 10.8. The topological polar surface area (TPSA) is 88.1 Å². The molecule has 0 saturated carbocycles. The van der Waals surface area contributed by atoms with E-state index < -0.39 is 0 Å². The van der Waals surface area contributed by atoms with Crippen molar-refractivity contribution in [1.29, 1.82) is 10.5 Å². The Balaban J connectivity index is 1.21. The highest BCUT2D eigenvalue weighted by Crippen LogP contribution is 2.40. The number of hydrogen-bond acceptors (Lipinski definition) is 4. The second kappa shape index (κ2) is 11.8. The summed E-state index contributed by atoms with van der Waals surface area (Å²) in [5.41, 5.74) is 11.3. The van der Waals surface area contributed by atoms with Crippen LogP contribution in [0.25, 0.3) is 93.6 Å². The largest absolute Gasteiger partial charge is 0.309 e. The van der Waals surface area contributed by atoms with E-state index in [4.69, 9.17) is 0 Å². The first-order valence-corrected chi connectivity index (χ1v) is 18.0. The van der Waals surface area contributed by atoms with Crippen molar-refractivity contribution in [3.05, 3.63) is 175 Å². The van der Waals surface area contributed by atoms with Crippen molar-refractivity contribution in [2.45, 2.75) is 0 Å². The van der Waals surface area contributed by atoms with Crippen molar-refractivity contribution >= 4 is 65.4 Å². The maximum absolute atomic E-state index is 10.8. The molecule has 0 fully saturated rings. The molecule has 0 atom stereocenters. The van der Waals surface area contributed by atoms with Gasteiger partial charge in [-0.15, -0.1) is 0 Å². The minimum Gasteiger partial charge on any atom is -0.309 e. The molecular weight excluding hydrogens is 675 g/mol. The summed E-state index contributed by atoms with van der Waals surface area (Å²) in [4.78, 5) is 8.35. The molecule has 55 heavy (non-hydrogen) atoms. The highest BCUT2D eigenvalue weighted by atomic mass is 15.0. The Kier molecular flexibility index (Phi) is 6.54. The monoisotopic (exact) mass is 701 g/mol. The fraction of sp³-hybridized carbons (Fsp3) is 0. The van der Waals surface area contributed by atoms with Crippen molar-refractivity contribution in [2.75, 3.05) is 0 Å². The Labute approximate surface area is 314 Å². The predicted octanol–water partition coefficient (Wildman–Crippen LogP) is 11.2. The van der Waals surface area contributed by atoms with Gasteiger partial charge in [0.05, 0.1) is 44.4 Å². The Bertz CT molecular complexity index is 3180. The molecule has 11 aromatic rings. The van der Waals surface area contributed by atoms with Gasteiger partial charge in [0, 0.05) is 61.6 Å². The first-order chi connectivity index (χ1) is 27.2. The summed E-state index contributed by atoms with van der Waals surface area (Å²) >= 11 is 0. The highest BCUT2D eigenvalue weighted by molar-refractivity contribution is 6.13. The summed E-state index contributed by atoms with van der Waals surface area (Å²) in [6, 6.07) is 57.8. The lowest BCUT2D eigenvalue weighted by atomic mass is 10.0. The average molecular weight is 702 g/mol. The zero-order chi connectivity index (χ0) is 36.6. The third-order valence-electron chi connectivity index (χ3n) is 10.9. The fourth-order valence-corrected chi connectivity index (χ4v) is 8.47. The van der Waals surface area contributed by atoms with Gasteiger partial charge in [0.2, 0.25) is 5.82 Å². The van der Waals surface area contributed by atoms with Gasteiger partial charge in [-0.25, -0.2) is 9.97 Å². The molecule has 0 bridgehead atoms. The average Bonchev–Trinajstić information content (AvgIpc) is 3.88. The van der Waals surface area contributed by atoms with Crippen molar-refractivity contribution in [2.24, 2.45) is 0 Å². The third kappa shape index (κ3) is 4.48. The van der Waals surface area contributed by atoms with Crippen molar-refractivity contribution in [3.63, 3.8) is 0 Å². The normalized spacial score (nSPS) is 11.6. The minimum absolute atomic E-state index is 0.101. The molecule has 0 amide bonds. The van der Waals surface area contributed by atoms with Crippen LogP contribution in [0.3, 0.4) is 0 Å². The van der Waals surface area contributed by atoms with Crippen LogP contribution in [0.4, 0.5) is 0 Å². The number of nitrogens with zero attached hydrogens (tertiary/aromatic N) is 7. The molecule has 0 saturated heterocycles. The van der Waals surface area contributed by atoms with E-state index in [0.717, 1.165) is 72.1 Å². The summed E-state index contributed by atoms with van der Waals surface area (Å²) in [5, 5.41) is 27.0. The number of benzene rings is 7. The maximum Gasteiger partial charge on any atom is 0.232 e. The van der Waals surface area contributed by atoms with Gasteiger partial charge in [0.25, 0.3) is 0 Å². The summed E-state index contributed by atoms with van der Waals surface area (Å²) < 4.78 is 6.89. The molecule has 7 heteroatoms. The van der Waals surface area contributed by atoms with E-state index in [1.807, 2.05) is 24.3 Å². The minimum atomic E-state index is 0.101. The lowest BCUT2D eigenvalue weighted by Crippen LogP contribution is -2.01. The summed E-state index contributed by atoms with van der Waals surface area (Å²) in [5.74, 6) is 0.101. The Morgan fingerprint density at radius 3 is 1.25 bits per heavy atom. The number of hydrogen-bond donors (Lipinski definition) is 0. The van der Waals surface area contributed by atoms with Crippen molar-refractivity contribution < 1.29 is 0 Å². The van der Waals surface area contributed by atoms with E-state index in [1.54, 1.807) is 12.4 Å². The lowest BCUT2D eigenvalue weighted by molar-refractivity contribution is 1.11. The van der Waals surface area contributed by atoms with Crippen molar-refractivity contribution in [3.8, 4) is 40.3 Å². The van der Waals surface area contributed by atoms with E-state index in [9.17, 15) is 10.5 Å². The Morgan fingerprint density at radius 2 is 0.818 bits per heavy atom. The number of para-hydroxylation sites is 4. The van der Waals surface area contributed by atoms with E-state index in [2.05, 4.69) is 163 Å². The SMILES string of the molecule is N#Cc1ncc(-c2ccc(-n3c4cc(-n5c6ccccc6c6ccccc65)ccc4c4ccc(-n5c6ccccc6c6ccccc65)cc43)c(C#N)c2)cn1. The molecule has 0 unspecified atom stereocenters. The molecular formula is C48H27N7. The second-order valence-corrected chi connectivity index (χ2v) is 13.7. The van der Waals surface area contributed by atoms with Crippen LogP contribution in [0.1, 0.15) is 11.4 Å². The van der Waals surface area contributed by atoms with Gasteiger partial charge in [-0.1, -0.05) is 91.0 Å². The number of aromatic nitrogens is 5. The van der Waals surface area contributed by atoms with E-state index >= 15 is 0 Å². The molecule has 0 N–H and O–H groups in total. The predicted molar refractivity (Wildman–Crippen MR) is 220 cm³/mol. The van der Waals surface area contributed by atoms with Gasteiger partial charge in [0.1, 0.15) is 12.1 Å². The summed E-state index contributed by atoms with van der Waals surface area (Å²) in [6.45, 7) is 0. The van der Waals surface area contributed by atoms with Gasteiger partial charge in [-0.05, 0) is 66.2 Å². The van der Waals surface area contributed by atoms with E-state index in [1.165, 1.54) is 21.5 Å². The molecule has 7 nitrogen and oxygen atoms in total. The standard InChI is InChI=1S/C48H27N7/c49-26-31-23-30(32-28-51-48(27-50)52-29-32)17-22-41(31)55-46-24-33(53-42-13-5-1-9-35(42)36-10-2-6-14-43(36)53)18-20-39(46)40-21-19-34(25-47(40)55)54-44-15-7-3-11-37(44)38-12-4-8-16-45(38)54/h1-25,28-29H. The van der Waals surface area contributed by atoms with Gasteiger partial charge >= 0.3 is 0 Å². The van der Waals surface area contributed by atoms with Crippen LogP contribution in [0, 0.1) is 22.7 Å². The molecule has 0 aliphatic rings. The van der Waals surface area contributed by atoms with Crippen LogP contribution in [0.5, 0.6) is 0 Å². The van der Waals surface area contributed by atoms with E-state index in [-0.39, 0.29) is 5.82 Å². The van der Waals surface area contributed by atoms with Crippen LogP contribution in [0.2, 0.25) is 0 Å². The van der Waals surface area contributed by atoms with Crippen LogP contribution in [-0.2, 0) is 0 Å². The molecule has 0 aliphatic carbocycles. The molecule has 4 heterocycles. The Hall–Kier alpha value is -8.00. The van der Waals surface area contributed by atoms with Gasteiger partial charge in [0.15, 0.2) is 0 Å². The van der Waals surface area contributed by atoms with Gasteiger partial charge < -0.3 is 13.7 Å². The molecule has 4 aromatic heterocycles. The lowest BCUT2D eigenvalue weighted by Gasteiger charge is -2.14. The number of rotatable bonds is 4. The zero-order valence-electron chi connectivity index (χ0n) is 29.2. The van der Waals surface area contributed by atoms with Crippen LogP contribution >= 0.6 is 0 Å². The molecule has 7 aromatic carbocycles. The van der Waals surface area contributed by atoms with Crippen LogP contribution < -0.4 is 0 Å². The highest BCUT2D eigenvalue weighted by Gasteiger charge is 2.20. The molecule has 0 spiro atoms. The van der Waals surface area contributed by atoms with Gasteiger partial charge in [-0.3, -0.25) is 0 Å². The van der Waals surface area contributed by atoms with E-state index in [0.29, 0.717) is 5.56 Å². The number of fused-ring (bicyclic) bond motifs is 9. The van der Waals surface area contributed by atoms with Crippen LogP contribution in [-0.4, -0.2) is 23.7 Å². The second-order valence-electron chi connectivity index (χ2n) is 13.7. The number of nitriles is 2. The quantitative estimate of drug-likeness (QED) is 0.183. The summed E-state index contributed by atoms with van der Waals surface area (Å²) in [6.07, 6.45) is 3.25. The fourth-order valence-electron chi connectivity index (χ4n) is 8.47. The summed E-state index contributed by atoms with van der Waals surface area (Å²) in [7, 11) is 0. The molecule has 254 valence electrons. The third-order valence-corrected chi connectivity index (χ3v) is 10.9.